The number of fused-ring (bicyclic) bond motifs is 1. The minimum atomic E-state index is -4.05. The number of methoxy groups -OCH3 is 1. The highest BCUT2D eigenvalue weighted by atomic mass is 32.2. The van der Waals surface area contributed by atoms with E-state index in [9.17, 15) is 13.2 Å². The van der Waals surface area contributed by atoms with Gasteiger partial charge in [-0.05, 0) is 42.8 Å². The summed E-state index contributed by atoms with van der Waals surface area (Å²) < 4.78 is 33.9. The van der Waals surface area contributed by atoms with Crippen molar-refractivity contribution in [2.75, 3.05) is 11.4 Å². The van der Waals surface area contributed by atoms with Gasteiger partial charge in [0.1, 0.15) is 11.3 Å². The molecule has 1 heterocycles. The first-order valence-corrected chi connectivity index (χ1v) is 10.9. The zero-order valence-corrected chi connectivity index (χ0v) is 17.5. The van der Waals surface area contributed by atoms with Crippen molar-refractivity contribution in [3.05, 3.63) is 96.1 Å². The fraction of sp³-hybridized carbons (Fsp3) is 0.125. The zero-order valence-electron chi connectivity index (χ0n) is 16.6. The first-order chi connectivity index (χ1) is 14.4. The zero-order chi connectivity index (χ0) is 21.4. The van der Waals surface area contributed by atoms with Crippen LogP contribution in [0.1, 0.15) is 22.8 Å². The van der Waals surface area contributed by atoms with E-state index in [2.05, 4.69) is 0 Å². The molecule has 5 nitrogen and oxygen atoms in total. The van der Waals surface area contributed by atoms with E-state index in [0.29, 0.717) is 17.0 Å². The van der Waals surface area contributed by atoms with Gasteiger partial charge < -0.3 is 4.74 Å². The number of sulfonamides is 1. The molecule has 0 N–H and O–H groups in total. The van der Waals surface area contributed by atoms with Gasteiger partial charge in [-0.1, -0.05) is 54.6 Å². The number of hydrogen-bond donors (Lipinski definition) is 0. The Kier molecular flexibility index (Phi) is 4.95. The number of benzene rings is 3. The summed E-state index contributed by atoms with van der Waals surface area (Å²) in [5.74, 6) is 0.160. The van der Waals surface area contributed by atoms with Crippen molar-refractivity contribution in [2.24, 2.45) is 0 Å². The lowest BCUT2D eigenvalue weighted by Crippen LogP contribution is -2.49. The Bertz CT molecular complexity index is 1230. The standard InChI is InChI=1S/C24H21NO4S/c1-24(16-15-18-9-4-3-5-10-18)23(26)21-13-6-7-14-22(21)25(24)30(27,28)20-12-8-11-19(17-20)29-2/h3-17H,1-2H3/b16-15+/t24-/m0/s1. The van der Waals surface area contributed by atoms with Crippen LogP contribution < -0.4 is 9.04 Å². The molecule has 1 atom stereocenters. The molecular weight excluding hydrogens is 398 g/mol. The third kappa shape index (κ3) is 3.19. The summed E-state index contributed by atoms with van der Waals surface area (Å²) in [7, 11) is -2.57. The second-order valence-electron chi connectivity index (χ2n) is 7.19. The topological polar surface area (TPSA) is 63.7 Å². The van der Waals surface area contributed by atoms with Crippen LogP contribution in [0, 0.1) is 0 Å². The molecule has 4 rings (SSSR count). The number of ketones is 1. The van der Waals surface area contributed by atoms with Crippen molar-refractivity contribution in [1.82, 2.24) is 0 Å². The van der Waals surface area contributed by atoms with Gasteiger partial charge in [-0.2, -0.15) is 0 Å². The Labute approximate surface area is 176 Å². The van der Waals surface area contributed by atoms with Crippen LogP contribution in [-0.4, -0.2) is 26.8 Å². The Morgan fingerprint density at radius 1 is 0.933 bits per heavy atom. The maximum Gasteiger partial charge on any atom is 0.265 e. The number of nitrogens with zero attached hydrogens (tertiary/aromatic N) is 1. The molecule has 0 saturated carbocycles. The predicted molar refractivity (Wildman–Crippen MR) is 117 cm³/mol. The molecule has 0 saturated heterocycles. The third-order valence-corrected chi connectivity index (χ3v) is 7.13. The van der Waals surface area contributed by atoms with Crippen LogP contribution in [0.5, 0.6) is 5.75 Å². The van der Waals surface area contributed by atoms with Gasteiger partial charge in [-0.15, -0.1) is 0 Å². The largest absolute Gasteiger partial charge is 0.497 e. The summed E-state index contributed by atoms with van der Waals surface area (Å²) in [5.41, 5.74) is 0.220. The van der Waals surface area contributed by atoms with Crippen molar-refractivity contribution in [2.45, 2.75) is 17.4 Å². The average molecular weight is 420 g/mol. The van der Waals surface area contributed by atoms with Crippen molar-refractivity contribution in [1.29, 1.82) is 0 Å². The molecule has 1 aliphatic rings. The van der Waals surface area contributed by atoms with Gasteiger partial charge in [0.15, 0.2) is 5.78 Å². The Balaban J connectivity index is 1.89. The highest BCUT2D eigenvalue weighted by molar-refractivity contribution is 7.93. The van der Waals surface area contributed by atoms with Gasteiger partial charge in [-0.3, -0.25) is 4.79 Å². The van der Waals surface area contributed by atoms with E-state index in [1.165, 1.54) is 23.5 Å². The van der Waals surface area contributed by atoms with Crippen molar-refractivity contribution in [3.63, 3.8) is 0 Å². The van der Waals surface area contributed by atoms with Crippen LogP contribution in [-0.2, 0) is 10.0 Å². The summed E-state index contributed by atoms with van der Waals surface area (Å²) in [6.07, 6.45) is 3.43. The van der Waals surface area contributed by atoms with Crippen molar-refractivity contribution in [3.8, 4) is 5.75 Å². The average Bonchev–Trinajstić information content (AvgIpc) is 3.01. The van der Waals surface area contributed by atoms with Crippen LogP contribution in [0.3, 0.4) is 0 Å². The van der Waals surface area contributed by atoms with Crippen LogP contribution in [0.25, 0.3) is 6.08 Å². The lowest BCUT2D eigenvalue weighted by molar-refractivity contribution is 0.0948. The monoisotopic (exact) mass is 419 g/mol. The third-order valence-electron chi connectivity index (χ3n) is 5.23. The second-order valence-corrected chi connectivity index (χ2v) is 8.97. The van der Waals surface area contributed by atoms with E-state index in [1.807, 2.05) is 30.3 Å². The van der Waals surface area contributed by atoms with Crippen LogP contribution in [0.4, 0.5) is 5.69 Å². The van der Waals surface area contributed by atoms with Crippen molar-refractivity contribution >= 4 is 27.6 Å². The van der Waals surface area contributed by atoms with Gasteiger partial charge in [-0.25, -0.2) is 12.7 Å². The Morgan fingerprint density at radius 2 is 1.63 bits per heavy atom. The SMILES string of the molecule is COc1cccc(S(=O)(=O)N2c3ccccc3C(=O)[C@]2(C)/C=C/c2ccccc2)c1. The van der Waals surface area contributed by atoms with Crippen LogP contribution in [0.2, 0.25) is 0 Å². The Hall–Kier alpha value is -3.38. The predicted octanol–water partition coefficient (Wildman–Crippen LogP) is 4.56. The molecule has 0 unspecified atom stereocenters. The summed E-state index contributed by atoms with van der Waals surface area (Å²) in [5, 5.41) is 0. The number of rotatable bonds is 5. The number of ether oxygens (including phenoxy) is 1. The van der Waals surface area contributed by atoms with Gasteiger partial charge in [0.25, 0.3) is 10.0 Å². The number of para-hydroxylation sites is 1. The first-order valence-electron chi connectivity index (χ1n) is 9.45. The number of carbonyl (C=O) groups excluding carboxylic acids is 1. The van der Waals surface area contributed by atoms with E-state index >= 15 is 0 Å². The normalized spacial score (nSPS) is 18.6. The number of Topliss-reactive ketones (excluding diaryl/α,β-unsaturated/α-hetero) is 1. The molecule has 1 aliphatic heterocycles. The molecule has 0 aromatic heterocycles. The van der Waals surface area contributed by atoms with E-state index in [-0.39, 0.29) is 10.7 Å². The second kappa shape index (κ2) is 7.46. The van der Waals surface area contributed by atoms with E-state index in [0.717, 1.165) is 5.56 Å². The van der Waals surface area contributed by atoms with Crippen LogP contribution >= 0.6 is 0 Å². The molecule has 30 heavy (non-hydrogen) atoms. The fourth-order valence-electron chi connectivity index (χ4n) is 3.67. The maximum atomic E-state index is 13.7. The molecule has 3 aromatic rings. The van der Waals surface area contributed by atoms with Gasteiger partial charge >= 0.3 is 0 Å². The summed E-state index contributed by atoms with van der Waals surface area (Å²) in [4.78, 5) is 13.4. The quantitative estimate of drug-likeness (QED) is 0.608. The lowest BCUT2D eigenvalue weighted by Gasteiger charge is -2.32. The minimum absolute atomic E-state index is 0.0608. The molecule has 0 aliphatic carbocycles. The number of anilines is 1. The molecule has 0 bridgehead atoms. The maximum absolute atomic E-state index is 13.7. The van der Waals surface area contributed by atoms with Gasteiger partial charge in [0.2, 0.25) is 0 Å². The molecule has 152 valence electrons. The molecule has 6 heteroatoms. The summed E-state index contributed by atoms with van der Waals surface area (Å²) in [6, 6.07) is 22.5. The first kappa shape index (κ1) is 19.9. The number of hydrogen-bond acceptors (Lipinski definition) is 4. The molecule has 3 aromatic carbocycles. The van der Waals surface area contributed by atoms with Crippen LogP contribution in [0.15, 0.2) is 89.8 Å². The molecular formula is C24H21NO4S. The molecule has 0 radical (unpaired) electrons. The number of carbonyl (C=O) groups is 1. The van der Waals surface area contributed by atoms with Gasteiger partial charge in [0.05, 0.1) is 17.7 Å². The molecule has 0 spiro atoms. The van der Waals surface area contributed by atoms with Crippen molar-refractivity contribution < 1.29 is 17.9 Å². The lowest BCUT2D eigenvalue weighted by atomic mass is 9.94. The fourth-order valence-corrected chi connectivity index (χ4v) is 5.46. The highest BCUT2D eigenvalue weighted by Gasteiger charge is 2.51. The van der Waals surface area contributed by atoms with E-state index in [1.54, 1.807) is 55.5 Å². The molecule has 0 amide bonds. The van der Waals surface area contributed by atoms with E-state index < -0.39 is 15.6 Å². The minimum Gasteiger partial charge on any atom is -0.497 e. The summed E-state index contributed by atoms with van der Waals surface area (Å²) in [6.45, 7) is 1.63. The molecule has 0 fully saturated rings. The van der Waals surface area contributed by atoms with Gasteiger partial charge in [0, 0.05) is 11.6 Å². The van der Waals surface area contributed by atoms with E-state index in [4.69, 9.17) is 4.74 Å². The highest BCUT2D eigenvalue weighted by Crippen LogP contribution is 2.43. The summed E-state index contributed by atoms with van der Waals surface area (Å²) >= 11 is 0. The Morgan fingerprint density at radius 3 is 2.37 bits per heavy atom. The smallest absolute Gasteiger partial charge is 0.265 e.